The van der Waals surface area contributed by atoms with Crippen LogP contribution in [0.2, 0.25) is 0 Å². The predicted octanol–water partition coefficient (Wildman–Crippen LogP) is 2.21. The summed E-state index contributed by atoms with van der Waals surface area (Å²) < 4.78 is 20.9. The first kappa shape index (κ1) is 25.4. The molecule has 0 saturated heterocycles. The van der Waals surface area contributed by atoms with Crippen molar-refractivity contribution in [1.82, 2.24) is 0 Å². The van der Waals surface area contributed by atoms with Gasteiger partial charge in [-0.05, 0) is 12.8 Å². The number of phosphoric ester groups is 1. The standard InChI is InChI=1S/C16H35O4P.Na/c1-3-5-7-8-9-10-11-12-13-14-16-20-21(17,18)19-15-6-4-2;/h3-16H2,1-2H3,(H,17,18);/q;+1/p-1. The van der Waals surface area contributed by atoms with E-state index in [1.54, 1.807) is 0 Å². The zero-order valence-corrected chi connectivity index (χ0v) is 17.9. The zero-order chi connectivity index (χ0) is 15.8. The molecule has 0 aromatic rings. The Hall–Kier alpha value is 1.11. The Kier molecular flexibility index (Phi) is 21.3. The fraction of sp³-hybridized carbons (Fsp3) is 1.00. The van der Waals surface area contributed by atoms with Crippen molar-refractivity contribution in [3.8, 4) is 0 Å². The Bertz CT molecular complexity index is 265. The van der Waals surface area contributed by atoms with Gasteiger partial charge >= 0.3 is 29.6 Å². The average Bonchev–Trinajstić information content (AvgIpc) is 2.45. The molecule has 1 atom stereocenters. The fourth-order valence-corrected chi connectivity index (χ4v) is 2.90. The summed E-state index contributed by atoms with van der Waals surface area (Å²) in [4.78, 5) is 11.3. The maximum Gasteiger partial charge on any atom is 1.00 e. The fourth-order valence-electron chi connectivity index (χ4n) is 2.12. The van der Waals surface area contributed by atoms with E-state index < -0.39 is 7.82 Å². The van der Waals surface area contributed by atoms with Gasteiger partial charge in [0.15, 0.2) is 0 Å². The van der Waals surface area contributed by atoms with Crippen molar-refractivity contribution >= 4 is 7.82 Å². The van der Waals surface area contributed by atoms with Crippen LogP contribution in [0.3, 0.4) is 0 Å². The first-order valence-corrected chi connectivity index (χ1v) is 10.2. The molecule has 0 aromatic carbocycles. The molecule has 0 spiro atoms. The summed E-state index contributed by atoms with van der Waals surface area (Å²) in [6.07, 6.45) is 13.9. The van der Waals surface area contributed by atoms with Crippen LogP contribution in [-0.2, 0) is 13.6 Å². The second kappa shape index (κ2) is 18.4. The van der Waals surface area contributed by atoms with Gasteiger partial charge in [-0.15, -0.1) is 0 Å². The molecule has 0 aliphatic rings. The zero-order valence-electron chi connectivity index (χ0n) is 15.0. The normalized spacial score (nSPS) is 13.6. The third-order valence-corrected chi connectivity index (χ3v) is 4.49. The second-order valence-corrected chi connectivity index (χ2v) is 7.06. The number of hydrogen-bond donors (Lipinski definition) is 0. The van der Waals surface area contributed by atoms with Crippen molar-refractivity contribution in [2.24, 2.45) is 0 Å². The van der Waals surface area contributed by atoms with Crippen molar-refractivity contribution in [3.63, 3.8) is 0 Å². The van der Waals surface area contributed by atoms with Crippen molar-refractivity contribution in [2.75, 3.05) is 13.2 Å². The summed E-state index contributed by atoms with van der Waals surface area (Å²) in [5.74, 6) is 0. The first-order chi connectivity index (χ1) is 10.1. The second-order valence-electron chi connectivity index (χ2n) is 5.65. The van der Waals surface area contributed by atoms with E-state index >= 15 is 0 Å². The summed E-state index contributed by atoms with van der Waals surface area (Å²) in [5, 5.41) is 0. The van der Waals surface area contributed by atoms with Gasteiger partial charge in [0.1, 0.15) is 0 Å². The van der Waals surface area contributed by atoms with Gasteiger partial charge in [-0.1, -0.05) is 78.1 Å². The van der Waals surface area contributed by atoms with Gasteiger partial charge in [0.2, 0.25) is 0 Å². The molecule has 6 heteroatoms. The molecular formula is C16H34NaO4P. The van der Waals surface area contributed by atoms with E-state index in [9.17, 15) is 9.46 Å². The third-order valence-electron chi connectivity index (χ3n) is 3.49. The van der Waals surface area contributed by atoms with Crippen LogP contribution in [0.25, 0.3) is 0 Å². The predicted molar refractivity (Wildman–Crippen MR) is 86.3 cm³/mol. The average molecular weight is 344 g/mol. The summed E-state index contributed by atoms with van der Waals surface area (Å²) in [6.45, 7) is 4.71. The van der Waals surface area contributed by atoms with Gasteiger partial charge in [-0.25, -0.2) is 0 Å². The smallest absolute Gasteiger partial charge is 0.756 e. The minimum absolute atomic E-state index is 0. The summed E-state index contributed by atoms with van der Waals surface area (Å²) >= 11 is 0. The SMILES string of the molecule is CCCCCCCCCCCCOP(=O)([O-])OCCCC.[Na+]. The van der Waals surface area contributed by atoms with Crippen LogP contribution < -0.4 is 34.5 Å². The van der Waals surface area contributed by atoms with Crippen molar-refractivity contribution < 1.29 is 48.1 Å². The van der Waals surface area contributed by atoms with Gasteiger partial charge in [-0.2, -0.15) is 0 Å². The van der Waals surface area contributed by atoms with Gasteiger partial charge in [-0.3, -0.25) is 4.57 Å². The number of phosphoric acid groups is 1. The first-order valence-electron chi connectivity index (χ1n) is 8.72. The summed E-state index contributed by atoms with van der Waals surface area (Å²) in [5.41, 5.74) is 0. The van der Waals surface area contributed by atoms with Crippen LogP contribution in [0.1, 0.15) is 90.9 Å². The number of rotatable bonds is 16. The maximum atomic E-state index is 11.3. The molecule has 1 unspecified atom stereocenters. The Morgan fingerprint density at radius 1 is 0.682 bits per heavy atom. The molecule has 0 amide bonds. The van der Waals surface area contributed by atoms with Crippen LogP contribution in [0.15, 0.2) is 0 Å². The molecule has 128 valence electrons. The minimum Gasteiger partial charge on any atom is -0.756 e. The van der Waals surface area contributed by atoms with Crippen LogP contribution in [0.5, 0.6) is 0 Å². The quantitative estimate of drug-likeness (QED) is 0.245. The number of unbranched alkanes of at least 4 members (excludes halogenated alkanes) is 10. The molecule has 0 saturated carbocycles. The number of hydrogen-bond acceptors (Lipinski definition) is 4. The van der Waals surface area contributed by atoms with E-state index in [0.29, 0.717) is 0 Å². The molecule has 0 aliphatic heterocycles. The molecule has 0 fully saturated rings. The van der Waals surface area contributed by atoms with E-state index in [4.69, 9.17) is 9.05 Å². The molecule has 4 nitrogen and oxygen atoms in total. The Morgan fingerprint density at radius 3 is 1.50 bits per heavy atom. The van der Waals surface area contributed by atoms with Crippen molar-refractivity contribution in [2.45, 2.75) is 90.9 Å². The molecule has 0 rings (SSSR count). The van der Waals surface area contributed by atoms with E-state index in [0.717, 1.165) is 32.1 Å². The largest absolute Gasteiger partial charge is 1.00 e. The molecule has 0 radical (unpaired) electrons. The van der Waals surface area contributed by atoms with Gasteiger partial charge in [0, 0.05) is 0 Å². The Morgan fingerprint density at radius 2 is 1.05 bits per heavy atom. The van der Waals surface area contributed by atoms with E-state index in [1.807, 2.05) is 6.92 Å². The summed E-state index contributed by atoms with van der Waals surface area (Å²) in [6, 6.07) is 0. The van der Waals surface area contributed by atoms with Gasteiger partial charge in [0.05, 0.1) is 13.2 Å². The Balaban J connectivity index is 0. The monoisotopic (exact) mass is 344 g/mol. The van der Waals surface area contributed by atoms with E-state index in [-0.39, 0.29) is 42.8 Å². The molecule has 0 aromatic heterocycles. The van der Waals surface area contributed by atoms with Gasteiger partial charge in [0.25, 0.3) is 7.82 Å². The molecule has 0 aliphatic carbocycles. The third kappa shape index (κ3) is 19.2. The van der Waals surface area contributed by atoms with Crippen LogP contribution in [0, 0.1) is 0 Å². The topological polar surface area (TPSA) is 58.6 Å². The van der Waals surface area contributed by atoms with Gasteiger partial charge < -0.3 is 13.9 Å². The van der Waals surface area contributed by atoms with Crippen LogP contribution >= 0.6 is 7.82 Å². The van der Waals surface area contributed by atoms with Crippen molar-refractivity contribution in [3.05, 3.63) is 0 Å². The molecule has 22 heavy (non-hydrogen) atoms. The van der Waals surface area contributed by atoms with E-state index in [1.165, 1.54) is 44.9 Å². The van der Waals surface area contributed by atoms with E-state index in [2.05, 4.69) is 6.92 Å². The van der Waals surface area contributed by atoms with Crippen molar-refractivity contribution in [1.29, 1.82) is 0 Å². The minimum atomic E-state index is -4.05. The maximum absolute atomic E-state index is 11.3. The molecule has 0 bridgehead atoms. The molecule has 0 N–H and O–H groups in total. The summed E-state index contributed by atoms with van der Waals surface area (Å²) in [7, 11) is -4.05. The Labute approximate surface area is 159 Å². The molecular weight excluding hydrogens is 310 g/mol. The van der Waals surface area contributed by atoms with Crippen LogP contribution in [-0.4, -0.2) is 13.2 Å². The molecule has 0 heterocycles. The van der Waals surface area contributed by atoms with Crippen LogP contribution in [0.4, 0.5) is 0 Å².